The van der Waals surface area contributed by atoms with Gasteiger partial charge in [-0.1, -0.05) is 15.9 Å². The molecule has 0 bridgehead atoms. The number of fused-ring (bicyclic) bond motifs is 1. The van der Waals surface area contributed by atoms with Crippen LogP contribution in [0.3, 0.4) is 0 Å². The van der Waals surface area contributed by atoms with E-state index in [9.17, 15) is 4.79 Å². The predicted molar refractivity (Wildman–Crippen MR) is 92.5 cm³/mol. The summed E-state index contributed by atoms with van der Waals surface area (Å²) in [7, 11) is 3.23. The molecule has 0 N–H and O–H groups in total. The van der Waals surface area contributed by atoms with Crippen LogP contribution in [0.2, 0.25) is 0 Å². The summed E-state index contributed by atoms with van der Waals surface area (Å²) in [5.41, 5.74) is 5.04. The Morgan fingerprint density at radius 2 is 2.04 bits per heavy atom. The number of ether oxygens (including phenoxy) is 1. The number of benzene rings is 1. The van der Waals surface area contributed by atoms with E-state index < -0.39 is 5.97 Å². The summed E-state index contributed by atoms with van der Waals surface area (Å²) in [5, 5.41) is 5.23. The first kappa shape index (κ1) is 15.7. The summed E-state index contributed by atoms with van der Waals surface area (Å²) < 4.78 is 7.66. The SMILES string of the molecule is COC(=O)c1cc(-c2ccnn2C)c2c(C)c(Br)c(C)cc2n1. The maximum Gasteiger partial charge on any atom is 0.356 e. The molecule has 2 aromatic heterocycles. The molecular weight excluding hydrogens is 358 g/mol. The number of methoxy groups -OCH3 is 1. The molecule has 5 nitrogen and oxygen atoms in total. The van der Waals surface area contributed by atoms with Gasteiger partial charge in [0.1, 0.15) is 5.69 Å². The lowest BCUT2D eigenvalue weighted by molar-refractivity contribution is 0.0594. The molecule has 0 spiro atoms. The highest BCUT2D eigenvalue weighted by Gasteiger charge is 2.18. The molecule has 1 aromatic carbocycles. The second-order valence-corrected chi connectivity index (χ2v) is 6.21. The Hall–Kier alpha value is -2.21. The fourth-order valence-corrected chi connectivity index (χ4v) is 3.10. The zero-order valence-corrected chi connectivity index (χ0v) is 14.9. The molecule has 3 aromatic rings. The van der Waals surface area contributed by atoms with Crippen molar-refractivity contribution in [2.75, 3.05) is 7.11 Å². The van der Waals surface area contributed by atoms with Gasteiger partial charge in [-0.05, 0) is 43.2 Å². The van der Waals surface area contributed by atoms with Gasteiger partial charge in [0.05, 0.1) is 18.3 Å². The van der Waals surface area contributed by atoms with Crippen LogP contribution in [0, 0.1) is 13.8 Å². The Kier molecular flexibility index (Phi) is 3.93. The van der Waals surface area contributed by atoms with Crippen molar-refractivity contribution in [3.8, 4) is 11.3 Å². The first-order chi connectivity index (χ1) is 10.9. The molecule has 3 rings (SSSR count). The van der Waals surface area contributed by atoms with Crippen LogP contribution in [0.5, 0.6) is 0 Å². The molecule has 0 aliphatic rings. The van der Waals surface area contributed by atoms with Gasteiger partial charge in [-0.3, -0.25) is 4.68 Å². The van der Waals surface area contributed by atoms with Gasteiger partial charge in [-0.15, -0.1) is 0 Å². The van der Waals surface area contributed by atoms with Crippen molar-refractivity contribution < 1.29 is 9.53 Å². The van der Waals surface area contributed by atoms with Crippen LogP contribution in [-0.2, 0) is 11.8 Å². The topological polar surface area (TPSA) is 57.0 Å². The molecule has 0 saturated carbocycles. The fraction of sp³-hybridized carbons (Fsp3) is 0.235. The molecular formula is C17H16BrN3O2. The number of nitrogens with zero attached hydrogens (tertiary/aromatic N) is 3. The van der Waals surface area contributed by atoms with Crippen molar-refractivity contribution in [2.45, 2.75) is 13.8 Å². The normalized spacial score (nSPS) is 11.0. The maximum absolute atomic E-state index is 12.0. The molecule has 6 heteroatoms. The number of carbonyl (C=O) groups excluding carboxylic acids is 1. The third-order valence-electron chi connectivity index (χ3n) is 3.94. The Balaban J connectivity index is 2.46. The quantitative estimate of drug-likeness (QED) is 0.641. The van der Waals surface area contributed by atoms with E-state index in [0.29, 0.717) is 0 Å². The average Bonchev–Trinajstić information content (AvgIpc) is 2.96. The first-order valence-electron chi connectivity index (χ1n) is 7.11. The summed E-state index contributed by atoms with van der Waals surface area (Å²) in [6.45, 7) is 4.05. The molecule has 23 heavy (non-hydrogen) atoms. The number of carbonyl (C=O) groups is 1. The Morgan fingerprint density at radius 3 is 2.65 bits per heavy atom. The Morgan fingerprint density at radius 1 is 1.30 bits per heavy atom. The van der Waals surface area contributed by atoms with Gasteiger partial charge in [0.25, 0.3) is 0 Å². The fourth-order valence-electron chi connectivity index (χ4n) is 2.79. The van der Waals surface area contributed by atoms with Gasteiger partial charge < -0.3 is 4.74 Å². The van der Waals surface area contributed by atoms with Gasteiger partial charge in [-0.2, -0.15) is 5.10 Å². The van der Waals surface area contributed by atoms with Gasteiger partial charge in [0.15, 0.2) is 0 Å². The van der Waals surface area contributed by atoms with Crippen LogP contribution in [0.1, 0.15) is 21.6 Å². The van der Waals surface area contributed by atoms with E-state index in [1.54, 1.807) is 16.9 Å². The van der Waals surface area contributed by atoms with Crippen LogP contribution < -0.4 is 0 Å². The third-order valence-corrected chi connectivity index (χ3v) is 5.16. The number of esters is 1. The number of aromatic nitrogens is 3. The van der Waals surface area contributed by atoms with E-state index in [1.165, 1.54) is 7.11 Å². The van der Waals surface area contributed by atoms with E-state index >= 15 is 0 Å². The Bertz CT molecular complexity index is 931. The van der Waals surface area contributed by atoms with Gasteiger partial charge in [-0.25, -0.2) is 9.78 Å². The molecule has 0 atom stereocenters. The van der Waals surface area contributed by atoms with Crippen LogP contribution in [0.25, 0.3) is 22.2 Å². The molecule has 2 heterocycles. The Labute approximate surface area is 142 Å². The lowest BCUT2D eigenvalue weighted by Gasteiger charge is -2.14. The second-order valence-electron chi connectivity index (χ2n) is 5.41. The summed E-state index contributed by atoms with van der Waals surface area (Å²) in [6, 6.07) is 5.65. The van der Waals surface area contributed by atoms with Gasteiger partial charge in [0, 0.05) is 28.7 Å². The van der Waals surface area contributed by atoms with Crippen molar-refractivity contribution in [2.24, 2.45) is 7.05 Å². The van der Waals surface area contributed by atoms with Crippen LogP contribution in [-0.4, -0.2) is 27.8 Å². The minimum absolute atomic E-state index is 0.289. The number of hydrogen-bond donors (Lipinski definition) is 0. The predicted octanol–water partition coefficient (Wildman–Crippen LogP) is 3.80. The number of rotatable bonds is 2. The standard InChI is InChI=1S/C17H16BrN3O2/c1-9-7-12-15(10(2)16(9)18)11(14-5-6-19-21(14)3)8-13(20-12)17(22)23-4/h5-8H,1-4H3. The lowest BCUT2D eigenvalue weighted by atomic mass is 9.98. The smallest absolute Gasteiger partial charge is 0.356 e. The number of pyridine rings is 1. The molecule has 118 valence electrons. The minimum Gasteiger partial charge on any atom is -0.464 e. The van der Waals surface area contributed by atoms with Crippen molar-refractivity contribution in [3.63, 3.8) is 0 Å². The van der Waals surface area contributed by atoms with Crippen molar-refractivity contribution in [3.05, 3.63) is 45.7 Å². The van der Waals surface area contributed by atoms with Crippen molar-refractivity contribution >= 4 is 32.8 Å². The minimum atomic E-state index is -0.450. The molecule has 0 saturated heterocycles. The van der Waals surface area contributed by atoms with Crippen LogP contribution in [0.15, 0.2) is 28.9 Å². The van der Waals surface area contributed by atoms with Gasteiger partial charge in [0.2, 0.25) is 0 Å². The van der Waals surface area contributed by atoms with E-state index in [4.69, 9.17) is 4.74 Å². The molecule has 0 fully saturated rings. The summed E-state index contributed by atoms with van der Waals surface area (Å²) in [5.74, 6) is -0.450. The third kappa shape index (κ3) is 2.53. The average molecular weight is 374 g/mol. The number of aryl methyl sites for hydroxylation is 3. The van der Waals surface area contributed by atoms with Crippen molar-refractivity contribution in [1.29, 1.82) is 0 Å². The summed E-state index contributed by atoms with van der Waals surface area (Å²) in [6.07, 6.45) is 1.73. The monoisotopic (exact) mass is 373 g/mol. The van der Waals surface area contributed by atoms with Crippen LogP contribution in [0.4, 0.5) is 0 Å². The van der Waals surface area contributed by atoms with E-state index in [0.717, 1.165) is 37.8 Å². The maximum atomic E-state index is 12.0. The molecule has 0 aliphatic carbocycles. The van der Waals surface area contributed by atoms with Gasteiger partial charge >= 0.3 is 5.97 Å². The molecule has 0 amide bonds. The largest absolute Gasteiger partial charge is 0.464 e. The van der Waals surface area contributed by atoms with Crippen LogP contribution >= 0.6 is 15.9 Å². The van der Waals surface area contributed by atoms with E-state index in [1.807, 2.05) is 33.0 Å². The zero-order chi connectivity index (χ0) is 16.7. The summed E-state index contributed by atoms with van der Waals surface area (Å²) in [4.78, 5) is 16.5. The van der Waals surface area contributed by atoms with E-state index in [2.05, 4.69) is 26.0 Å². The number of halogens is 1. The highest BCUT2D eigenvalue weighted by atomic mass is 79.9. The number of hydrogen-bond acceptors (Lipinski definition) is 4. The zero-order valence-electron chi connectivity index (χ0n) is 13.3. The lowest BCUT2D eigenvalue weighted by Crippen LogP contribution is -2.06. The highest BCUT2D eigenvalue weighted by Crippen LogP contribution is 2.35. The van der Waals surface area contributed by atoms with Crippen molar-refractivity contribution in [1.82, 2.24) is 14.8 Å². The highest BCUT2D eigenvalue weighted by molar-refractivity contribution is 9.10. The molecule has 0 unspecified atom stereocenters. The second kappa shape index (κ2) is 5.77. The first-order valence-corrected chi connectivity index (χ1v) is 7.90. The summed E-state index contributed by atoms with van der Waals surface area (Å²) >= 11 is 3.64. The van der Waals surface area contributed by atoms with E-state index in [-0.39, 0.29) is 5.69 Å². The molecule has 0 aliphatic heterocycles. The molecule has 0 radical (unpaired) electrons.